The van der Waals surface area contributed by atoms with Crippen molar-refractivity contribution < 1.29 is 4.74 Å². The molecule has 3 nitrogen and oxygen atoms in total. The Kier molecular flexibility index (Phi) is 3.26. The van der Waals surface area contributed by atoms with E-state index in [4.69, 9.17) is 27.9 Å². The Bertz CT molecular complexity index is 291. The normalized spacial score (nSPS) is 10.3. The summed E-state index contributed by atoms with van der Waals surface area (Å²) in [6.45, 7) is 2.22. The van der Waals surface area contributed by atoms with Crippen molar-refractivity contribution in [3.63, 3.8) is 0 Å². The van der Waals surface area contributed by atoms with E-state index in [9.17, 15) is 0 Å². The minimum atomic E-state index is 0.151. The highest BCUT2D eigenvalue weighted by Crippen LogP contribution is 2.17. The van der Waals surface area contributed by atoms with Gasteiger partial charge in [0, 0.05) is 12.7 Å². The molecule has 0 saturated carbocycles. The zero-order valence-corrected chi connectivity index (χ0v) is 8.28. The minimum absolute atomic E-state index is 0.151. The number of nitrogens with zero attached hydrogens (tertiary/aromatic N) is 2. The monoisotopic (exact) mass is 206 g/mol. The molecule has 0 radical (unpaired) electrons. The number of methoxy groups -OCH3 is 1. The van der Waals surface area contributed by atoms with Crippen molar-refractivity contribution in [2.24, 2.45) is 0 Å². The van der Waals surface area contributed by atoms with Crippen LogP contribution < -0.4 is 0 Å². The van der Waals surface area contributed by atoms with Gasteiger partial charge in [0.15, 0.2) is 0 Å². The number of rotatable bonds is 2. The molecule has 12 heavy (non-hydrogen) atoms. The van der Waals surface area contributed by atoms with Crippen LogP contribution in [0.1, 0.15) is 11.3 Å². The Morgan fingerprint density at radius 1 is 1.33 bits per heavy atom. The largest absolute Gasteiger partial charge is 0.378 e. The summed E-state index contributed by atoms with van der Waals surface area (Å²) in [7, 11) is 1.59. The molecule has 0 saturated heterocycles. The highest BCUT2D eigenvalue weighted by atomic mass is 35.5. The van der Waals surface area contributed by atoms with Crippen LogP contribution in [-0.2, 0) is 11.3 Å². The van der Waals surface area contributed by atoms with Crippen molar-refractivity contribution in [2.45, 2.75) is 13.5 Å². The maximum Gasteiger partial charge on any atom is 0.224 e. The van der Waals surface area contributed by atoms with E-state index in [1.165, 1.54) is 0 Å². The number of hydrogen-bond donors (Lipinski definition) is 0. The molecule has 0 unspecified atom stereocenters. The highest BCUT2D eigenvalue weighted by molar-refractivity contribution is 6.32. The number of aromatic nitrogens is 2. The Balaban J connectivity index is 3.09. The molecule has 0 N–H and O–H groups in total. The Morgan fingerprint density at radius 2 is 2.00 bits per heavy atom. The van der Waals surface area contributed by atoms with Gasteiger partial charge < -0.3 is 4.74 Å². The van der Waals surface area contributed by atoms with E-state index in [2.05, 4.69) is 9.97 Å². The molecule has 0 aliphatic heterocycles. The maximum absolute atomic E-state index is 5.76. The van der Waals surface area contributed by atoms with E-state index in [-0.39, 0.29) is 5.28 Å². The second-order valence-corrected chi connectivity index (χ2v) is 2.98. The third-order valence-electron chi connectivity index (χ3n) is 1.44. The summed E-state index contributed by atoms with van der Waals surface area (Å²) in [5.41, 5.74) is 1.53. The summed E-state index contributed by atoms with van der Waals surface area (Å²) in [5.74, 6) is 0. The van der Waals surface area contributed by atoms with Crippen LogP contribution >= 0.6 is 23.2 Å². The molecule has 0 aromatic carbocycles. The molecule has 0 amide bonds. The quantitative estimate of drug-likeness (QED) is 0.551. The van der Waals surface area contributed by atoms with Gasteiger partial charge in [0.2, 0.25) is 5.28 Å². The van der Waals surface area contributed by atoms with Gasteiger partial charge in [0.1, 0.15) is 5.15 Å². The van der Waals surface area contributed by atoms with Gasteiger partial charge in [-0.15, -0.1) is 0 Å². The summed E-state index contributed by atoms with van der Waals surface area (Å²) in [4.78, 5) is 7.75. The van der Waals surface area contributed by atoms with Crippen LogP contribution in [0, 0.1) is 6.92 Å². The smallest absolute Gasteiger partial charge is 0.224 e. The van der Waals surface area contributed by atoms with Gasteiger partial charge in [0.05, 0.1) is 12.3 Å². The van der Waals surface area contributed by atoms with Crippen LogP contribution in [0.25, 0.3) is 0 Å². The van der Waals surface area contributed by atoms with Crippen molar-refractivity contribution >= 4 is 23.2 Å². The van der Waals surface area contributed by atoms with Gasteiger partial charge in [0.25, 0.3) is 0 Å². The Labute approximate surface area is 80.7 Å². The molecule has 1 rings (SSSR count). The lowest BCUT2D eigenvalue weighted by molar-refractivity contribution is 0.181. The molecule has 0 atom stereocenters. The van der Waals surface area contributed by atoms with Crippen LogP contribution in [-0.4, -0.2) is 17.1 Å². The van der Waals surface area contributed by atoms with Gasteiger partial charge in [-0.25, -0.2) is 9.97 Å². The summed E-state index contributed by atoms with van der Waals surface area (Å²) in [6, 6.07) is 0. The molecule has 1 aromatic rings. The van der Waals surface area contributed by atoms with Gasteiger partial charge >= 0.3 is 0 Å². The second-order valence-electron chi connectivity index (χ2n) is 2.29. The molecule has 1 aromatic heterocycles. The van der Waals surface area contributed by atoms with Gasteiger partial charge in [-0.1, -0.05) is 11.6 Å². The fourth-order valence-corrected chi connectivity index (χ4v) is 1.20. The van der Waals surface area contributed by atoms with E-state index in [1.807, 2.05) is 6.92 Å². The maximum atomic E-state index is 5.76. The second kappa shape index (κ2) is 4.03. The first-order chi connectivity index (χ1) is 5.65. The van der Waals surface area contributed by atoms with E-state index >= 15 is 0 Å². The summed E-state index contributed by atoms with van der Waals surface area (Å²) < 4.78 is 4.91. The van der Waals surface area contributed by atoms with E-state index in [0.29, 0.717) is 11.8 Å². The van der Waals surface area contributed by atoms with Crippen molar-refractivity contribution in [3.8, 4) is 0 Å². The number of hydrogen-bond acceptors (Lipinski definition) is 3. The third-order valence-corrected chi connectivity index (χ3v) is 1.98. The number of ether oxygens (including phenoxy) is 1. The Morgan fingerprint density at radius 3 is 2.58 bits per heavy atom. The molecule has 66 valence electrons. The molecular weight excluding hydrogens is 199 g/mol. The lowest BCUT2D eigenvalue weighted by Gasteiger charge is -2.04. The highest BCUT2D eigenvalue weighted by Gasteiger charge is 2.06. The summed E-state index contributed by atoms with van der Waals surface area (Å²) in [6.07, 6.45) is 0. The van der Waals surface area contributed by atoms with Crippen LogP contribution in [0.15, 0.2) is 0 Å². The number of halogens is 2. The third kappa shape index (κ3) is 2.06. The van der Waals surface area contributed by atoms with Crippen LogP contribution in [0.2, 0.25) is 10.4 Å². The van der Waals surface area contributed by atoms with Crippen molar-refractivity contribution in [1.82, 2.24) is 9.97 Å². The average Bonchev–Trinajstić information content (AvgIpc) is 2.00. The standard InChI is InChI=1S/C7H8Cl2N2O/c1-4-5(3-12-2)10-7(9)11-6(4)8/h3H2,1-2H3. The first-order valence-electron chi connectivity index (χ1n) is 3.32. The molecular formula is C7H8Cl2N2O. The zero-order chi connectivity index (χ0) is 9.14. The van der Waals surface area contributed by atoms with Crippen molar-refractivity contribution in [2.75, 3.05) is 7.11 Å². The van der Waals surface area contributed by atoms with Crippen molar-refractivity contribution in [1.29, 1.82) is 0 Å². The lowest BCUT2D eigenvalue weighted by Crippen LogP contribution is -1.99. The van der Waals surface area contributed by atoms with Crippen molar-refractivity contribution in [3.05, 3.63) is 21.7 Å². The van der Waals surface area contributed by atoms with Crippen LogP contribution in [0.4, 0.5) is 0 Å². The first-order valence-corrected chi connectivity index (χ1v) is 4.08. The summed E-state index contributed by atoms with van der Waals surface area (Å²) in [5, 5.41) is 0.528. The minimum Gasteiger partial charge on any atom is -0.378 e. The topological polar surface area (TPSA) is 35.0 Å². The van der Waals surface area contributed by atoms with Gasteiger partial charge in [-0.2, -0.15) is 0 Å². The SMILES string of the molecule is COCc1nc(Cl)nc(Cl)c1C. The molecule has 0 spiro atoms. The lowest BCUT2D eigenvalue weighted by atomic mass is 10.3. The molecule has 0 fully saturated rings. The predicted molar refractivity (Wildman–Crippen MR) is 47.5 cm³/mol. The molecule has 5 heteroatoms. The first kappa shape index (κ1) is 9.71. The predicted octanol–water partition coefficient (Wildman–Crippen LogP) is 2.24. The summed E-state index contributed by atoms with van der Waals surface area (Å²) >= 11 is 11.4. The van der Waals surface area contributed by atoms with E-state index < -0.39 is 0 Å². The van der Waals surface area contributed by atoms with Crippen LogP contribution in [0.5, 0.6) is 0 Å². The Hall–Kier alpha value is -0.380. The van der Waals surface area contributed by atoms with Gasteiger partial charge in [-0.3, -0.25) is 0 Å². The van der Waals surface area contributed by atoms with E-state index in [1.54, 1.807) is 7.11 Å². The van der Waals surface area contributed by atoms with Gasteiger partial charge in [-0.05, 0) is 18.5 Å². The molecule has 0 bridgehead atoms. The molecule has 0 aliphatic rings. The molecule has 1 heterocycles. The van der Waals surface area contributed by atoms with Crippen LogP contribution in [0.3, 0.4) is 0 Å². The average molecular weight is 207 g/mol. The fraction of sp³-hybridized carbons (Fsp3) is 0.429. The zero-order valence-electron chi connectivity index (χ0n) is 6.77. The van der Waals surface area contributed by atoms with E-state index in [0.717, 1.165) is 11.3 Å². The fourth-order valence-electron chi connectivity index (χ4n) is 0.781. The molecule has 0 aliphatic carbocycles.